The second kappa shape index (κ2) is 8.13. The van der Waals surface area contributed by atoms with Gasteiger partial charge in [-0.1, -0.05) is 67.2 Å². The Balaban J connectivity index is 4.73. The van der Waals surface area contributed by atoms with E-state index in [9.17, 15) is 0 Å². The first-order valence-corrected chi connectivity index (χ1v) is 7.66. The molecule has 0 aromatic heterocycles. The Bertz CT molecular complexity index is 188. The van der Waals surface area contributed by atoms with E-state index < -0.39 is 0 Å². The van der Waals surface area contributed by atoms with Crippen molar-refractivity contribution in [1.29, 1.82) is 0 Å². The summed E-state index contributed by atoms with van der Waals surface area (Å²) in [5.41, 5.74) is 6.77. The second-order valence-corrected chi connectivity index (χ2v) is 6.41. The number of hydrogen-bond acceptors (Lipinski definition) is 1. The van der Waals surface area contributed by atoms with Crippen LogP contribution in [0.2, 0.25) is 0 Å². The number of nitrogens with two attached hydrogens (primary N) is 1. The summed E-state index contributed by atoms with van der Waals surface area (Å²) in [6, 6.07) is 0.359. The lowest BCUT2D eigenvalue weighted by Gasteiger charge is -2.40. The van der Waals surface area contributed by atoms with E-state index in [-0.39, 0.29) is 0 Å². The molecule has 0 aliphatic rings. The van der Waals surface area contributed by atoms with E-state index >= 15 is 0 Å². The van der Waals surface area contributed by atoms with Crippen molar-refractivity contribution in [3.8, 4) is 0 Å². The third-order valence-electron chi connectivity index (χ3n) is 4.49. The first-order chi connectivity index (χ1) is 7.91. The van der Waals surface area contributed by atoms with Gasteiger partial charge in [-0.2, -0.15) is 0 Å². The van der Waals surface area contributed by atoms with Crippen molar-refractivity contribution < 1.29 is 0 Å². The monoisotopic (exact) mass is 241 g/mol. The molecule has 0 bridgehead atoms. The highest BCUT2D eigenvalue weighted by molar-refractivity contribution is 4.86. The highest BCUT2D eigenvalue weighted by Gasteiger charge is 2.33. The van der Waals surface area contributed by atoms with Gasteiger partial charge in [0.25, 0.3) is 0 Å². The van der Waals surface area contributed by atoms with Crippen molar-refractivity contribution in [2.45, 2.75) is 86.1 Å². The summed E-state index contributed by atoms with van der Waals surface area (Å²) in [6.45, 7) is 13.9. The summed E-state index contributed by atoms with van der Waals surface area (Å²) in [5, 5.41) is 0. The second-order valence-electron chi connectivity index (χ2n) is 6.41. The van der Waals surface area contributed by atoms with Gasteiger partial charge in [-0.3, -0.25) is 0 Å². The van der Waals surface area contributed by atoms with Crippen LogP contribution in [-0.4, -0.2) is 6.04 Å². The number of hydrogen-bond donors (Lipinski definition) is 1. The van der Waals surface area contributed by atoms with Gasteiger partial charge in [0.15, 0.2) is 0 Å². The first kappa shape index (κ1) is 17.0. The molecular formula is C16H35N. The Morgan fingerprint density at radius 3 is 2.00 bits per heavy atom. The van der Waals surface area contributed by atoms with Crippen LogP contribution in [0.25, 0.3) is 0 Å². The maximum absolute atomic E-state index is 6.32. The van der Waals surface area contributed by atoms with Gasteiger partial charge in [-0.15, -0.1) is 0 Å². The molecule has 0 heterocycles. The van der Waals surface area contributed by atoms with Crippen LogP contribution in [0.3, 0.4) is 0 Å². The Labute approximate surface area is 110 Å². The van der Waals surface area contributed by atoms with Crippen LogP contribution in [0.5, 0.6) is 0 Å². The standard InChI is InChI=1S/C16H35N/c1-7-10-14(9-3)16(6,11-8-2)12-15(17)13(4)5/h13-15H,7-12,17H2,1-6H3. The maximum Gasteiger partial charge on any atom is 0.00671 e. The zero-order valence-electron chi connectivity index (χ0n) is 13.1. The molecule has 0 aromatic rings. The molecule has 0 spiro atoms. The Kier molecular flexibility index (Phi) is 8.11. The minimum Gasteiger partial charge on any atom is -0.327 e. The molecule has 0 aliphatic heterocycles. The fourth-order valence-corrected chi connectivity index (χ4v) is 3.21. The quantitative estimate of drug-likeness (QED) is 0.604. The zero-order valence-corrected chi connectivity index (χ0v) is 13.1. The highest BCUT2D eigenvalue weighted by atomic mass is 14.7. The van der Waals surface area contributed by atoms with E-state index in [4.69, 9.17) is 5.73 Å². The summed E-state index contributed by atoms with van der Waals surface area (Å²) in [5.74, 6) is 1.45. The lowest BCUT2D eigenvalue weighted by atomic mass is 9.66. The molecule has 17 heavy (non-hydrogen) atoms. The molecule has 0 saturated carbocycles. The van der Waals surface area contributed by atoms with Crippen molar-refractivity contribution in [2.75, 3.05) is 0 Å². The van der Waals surface area contributed by atoms with Gasteiger partial charge in [0.1, 0.15) is 0 Å². The third-order valence-corrected chi connectivity index (χ3v) is 4.49. The van der Waals surface area contributed by atoms with Gasteiger partial charge in [-0.25, -0.2) is 0 Å². The molecule has 0 rings (SSSR count). The predicted octanol–water partition coefficient (Wildman–Crippen LogP) is 4.99. The highest BCUT2D eigenvalue weighted by Crippen LogP contribution is 2.42. The summed E-state index contributed by atoms with van der Waals surface area (Å²) >= 11 is 0. The van der Waals surface area contributed by atoms with E-state index in [1.807, 2.05) is 0 Å². The van der Waals surface area contributed by atoms with Crippen LogP contribution in [0.1, 0.15) is 80.1 Å². The van der Waals surface area contributed by atoms with Crippen LogP contribution in [0.4, 0.5) is 0 Å². The van der Waals surface area contributed by atoms with Crippen molar-refractivity contribution in [3.05, 3.63) is 0 Å². The third kappa shape index (κ3) is 5.42. The van der Waals surface area contributed by atoms with E-state index in [1.54, 1.807) is 0 Å². The summed E-state index contributed by atoms with van der Waals surface area (Å²) in [7, 11) is 0. The minimum absolute atomic E-state index is 0.359. The molecule has 0 fully saturated rings. The molecule has 104 valence electrons. The van der Waals surface area contributed by atoms with Gasteiger partial charge < -0.3 is 5.73 Å². The topological polar surface area (TPSA) is 26.0 Å². The van der Waals surface area contributed by atoms with Gasteiger partial charge >= 0.3 is 0 Å². The molecule has 3 unspecified atom stereocenters. The lowest BCUT2D eigenvalue weighted by molar-refractivity contribution is 0.117. The average molecular weight is 241 g/mol. The lowest BCUT2D eigenvalue weighted by Crippen LogP contribution is -2.37. The molecule has 1 nitrogen and oxygen atoms in total. The van der Waals surface area contributed by atoms with Crippen molar-refractivity contribution in [2.24, 2.45) is 23.0 Å². The molecule has 0 amide bonds. The molecular weight excluding hydrogens is 206 g/mol. The fourth-order valence-electron chi connectivity index (χ4n) is 3.21. The van der Waals surface area contributed by atoms with Crippen LogP contribution in [0, 0.1) is 17.3 Å². The largest absolute Gasteiger partial charge is 0.327 e. The SMILES string of the molecule is CCCC(CC)C(C)(CCC)CC(N)C(C)C. The van der Waals surface area contributed by atoms with Gasteiger partial charge in [0.2, 0.25) is 0 Å². The smallest absolute Gasteiger partial charge is 0.00671 e. The van der Waals surface area contributed by atoms with Crippen LogP contribution in [0.15, 0.2) is 0 Å². The summed E-state index contributed by atoms with van der Waals surface area (Å²) in [6.07, 6.45) is 7.76. The van der Waals surface area contributed by atoms with E-state index in [0.29, 0.717) is 17.4 Å². The molecule has 1 heteroatoms. The van der Waals surface area contributed by atoms with Crippen molar-refractivity contribution >= 4 is 0 Å². The number of rotatable bonds is 9. The van der Waals surface area contributed by atoms with Crippen LogP contribution in [-0.2, 0) is 0 Å². The molecule has 0 saturated heterocycles. The zero-order chi connectivity index (χ0) is 13.5. The average Bonchev–Trinajstić information content (AvgIpc) is 2.25. The van der Waals surface area contributed by atoms with Crippen molar-refractivity contribution in [1.82, 2.24) is 0 Å². The van der Waals surface area contributed by atoms with Gasteiger partial charge in [0.05, 0.1) is 0 Å². The van der Waals surface area contributed by atoms with Crippen LogP contribution < -0.4 is 5.73 Å². The molecule has 0 aromatic carbocycles. The Morgan fingerprint density at radius 2 is 1.65 bits per heavy atom. The molecule has 0 aliphatic carbocycles. The Morgan fingerprint density at radius 1 is 1.06 bits per heavy atom. The maximum atomic E-state index is 6.32. The van der Waals surface area contributed by atoms with E-state index in [1.165, 1.54) is 38.5 Å². The van der Waals surface area contributed by atoms with E-state index in [2.05, 4.69) is 41.5 Å². The molecule has 0 radical (unpaired) electrons. The normalized spacial score (nSPS) is 19.1. The van der Waals surface area contributed by atoms with Gasteiger partial charge in [0, 0.05) is 6.04 Å². The molecule has 2 N–H and O–H groups in total. The fraction of sp³-hybridized carbons (Fsp3) is 1.00. The Hall–Kier alpha value is -0.0400. The summed E-state index contributed by atoms with van der Waals surface area (Å²) < 4.78 is 0. The predicted molar refractivity (Wildman–Crippen MR) is 79.1 cm³/mol. The first-order valence-electron chi connectivity index (χ1n) is 7.66. The summed E-state index contributed by atoms with van der Waals surface area (Å²) in [4.78, 5) is 0. The van der Waals surface area contributed by atoms with E-state index in [0.717, 1.165) is 5.92 Å². The van der Waals surface area contributed by atoms with Crippen molar-refractivity contribution in [3.63, 3.8) is 0 Å². The minimum atomic E-state index is 0.359. The van der Waals surface area contributed by atoms with Gasteiger partial charge in [-0.05, 0) is 30.1 Å². The molecule has 3 atom stereocenters. The van der Waals surface area contributed by atoms with Crippen LogP contribution >= 0.6 is 0 Å².